The normalized spacial score (nSPS) is 24.5. The molecule has 1 aliphatic carbocycles. The third-order valence-electron chi connectivity index (χ3n) is 5.51. The molecule has 1 saturated carbocycles. The van der Waals surface area contributed by atoms with E-state index in [1.165, 1.54) is 12.8 Å². The molecule has 0 bridgehead atoms. The van der Waals surface area contributed by atoms with Crippen molar-refractivity contribution in [3.8, 4) is 0 Å². The van der Waals surface area contributed by atoms with E-state index < -0.39 is 22.0 Å². The van der Waals surface area contributed by atoms with Gasteiger partial charge in [-0.15, -0.1) is 0 Å². The van der Waals surface area contributed by atoms with Gasteiger partial charge in [-0.2, -0.15) is 13.2 Å². The summed E-state index contributed by atoms with van der Waals surface area (Å²) in [6, 6.07) is 0. The average Bonchev–Trinajstić information content (AvgIpc) is 3.41. The van der Waals surface area contributed by atoms with E-state index >= 15 is 0 Å². The highest BCUT2D eigenvalue weighted by Crippen LogP contribution is 2.39. The molecule has 13 heteroatoms. The number of anilines is 1. The molecule has 0 aromatic carbocycles. The Morgan fingerprint density at radius 2 is 2.03 bits per heavy atom. The number of aliphatic carboxylic acids is 1. The zero-order valence-electron chi connectivity index (χ0n) is 16.9. The van der Waals surface area contributed by atoms with E-state index in [2.05, 4.69) is 15.2 Å². The monoisotopic (exact) mass is 466 g/mol. The molecular weight excluding hydrogens is 441 g/mol. The third-order valence-corrected chi connectivity index (χ3v) is 7.62. The van der Waals surface area contributed by atoms with Crippen molar-refractivity contribution in [1.82, 2.24) is 14.9 Å². The summed E-state index contributed by atoms with van der Waals surface area (Å²) in [5.41, 5.74) is 1.69. The quantitative estimate of drug-likeness (QED) is 0.638. The number of carbonyl (C=O) groups is 1. The number of hydrogen-bond acceptors (Lipinski definition) is 8. The SMILES string of the molecule is COCCN1C[C@@H]2c3nc(NCC4CC4)ncc3CS(=O)(=O)[C@@H]2C1.O=C(O)C(F)(F)F. The second-order valence-corrected chi connectivity index (χ2v) is 10.2. The predicted octanol–water partition coefficient (Wildman–Crippen LogP) is 1.27. The minimum absolute atomic E-state index is 0.0555. The molecule has 4 rings (SSSR count). The molecular formula is C18H25F3N4O5S. The van der Waals surface area contributed by atoms with Gasteiger partial charge < -0.3 is 15.2 Å². The van der Waals surface area contributed by atoms with Gasteiger partial charge in [0, 0.05) is 51.0 Å². The Labute approximate surface area is 177 Å². The summed E-state index contributed by atoms with van der Waals surface area (Å²) < 4.78 is 62.1. The molecule has 1 aromatic rings. The van der Waals surface area contributed by atoms with Crippen molar-refractivity contribution >= 4 is 21.8 Å². The van der Waals surface area contributed by atoms with E-state index in [1.54, 1.807) is 13.3 Å². The van der Waals surface area contributed by atoms with E-state index in [1.807, 2.05) is 0 Å². The molecule has 1 saturated heterocycles. The summed E-state index contributed by atoms with van der Waals surface area (Å²) in [5, 5.41) is 10.1. The molecule has 0 spiro atoms. The first-order valence-corrected chi connectivity index (χ1v) is 11.6. The van der Waals surface area contributed by atoms with Crippen LogP contribution >= 0.6 is 0 Å². The first-order valence-electron chi connectivity index (χ1n) is 9.84. The number of rotatable bonds is 6. The van der Waals surface area contributed by atoms with E-state index in [4.69, 9.17) is 19.6 Å². The van der Waals surface area contributed by atoms with Crippen molar-refractivity contribution in [2.45, 2.75) is 35.9 Å². The van der Waals surface area contributed by atoms with Gasteiger partial charge >= 0.3 is 12.1 Å². The van der Waals surface area contributed by atoms with Crippen LogP contribution in [-0.2, 0) is 25.1 Å². The Balaban J connectivity index is 0.000000339. The highest BCUT2D eigenvalue weighted by Gasteiger charge is 2.47. The molecule has 2 aliphatic heterocycles. The summed E-state index contributed by atoms with van der Waals surface area (Å²) in [4.78, 5) is 20.1. The van der Waals surface area contributed by atoms with Crippen molar-refractivity contribution < 1.29 is 36.2 Å². The fraction of sp³-hybridized carbons (Fsp3) is 0.722. The summed E-state index contributed by atoms with van der Waals surface area (Å²) >= 11 is 0. The fourth-order valence-corrected chi connectivity index (χ4v) is 5.72. The molecule has 174 valence electrons. The maximum absolute atomic E-state index is 12.6. The average molecular weight is 466 g/mol. The number of aromatic nitrogens is 2. The van der Waals surface area contributed by atoms with Gasteiger partial charge in [0.1, 0.15) is 0 Å². The van der Waals surface area contributed by atoms with Crippen molar-refractivity contribution in [1.29, 1.82) is 0 Å². The first kappa shape index (κ1) is 23.7. The first-order chi connectivity index (χ1) is 14.5. The molecule has 2 atom stereocenters. The zero-order chi connectivity index (χ0) is 22.8. The number of halogens is 3. The Morgan fingerprint density at radius 3 is 2.61 bits per heavy atom. The number of nitrogens with one attached hydrogen (secondary N) is 1. The number of methoxy groups -OCH3 is 1. The maximum atomic E-state index is 12.6. The van der Waals surface area contributed by atoms with Gasteiger partial charge in [0.15, 0.2) is 9.84 Å². The number of sulfone groups is 1. The molecule has 0 amide bonds. The lowest BCUT2D eigenvalue weighted by atomic mass is 10.00. The zero-order valence-corrected chi connectivity index (χ0v) is 17.7. The Morgan fingerprint density at radius 1 is 1.35 bits per heavy atom. The van der Waals surface area contributed by atoms with E-state index in [0.717, 1.165) is 36.8 Å². The molecule has 3 heterocycles. The topological polar surface area (TPSA) is 122 Å². The summed E-state index contributed by atoms with van der Waals surface area (Å²) in [5.74, 6) is -1.37. The molecule has 2 fully saturated rings. The van der Waals surface area contributed by atoms with Crippen LogP contribution in [0, 0.1) is 5.92 Å². The summed E-state index contributed by atoms with van der Waals surface area (Å²) in [6.07, 6.45) is -0.839. The lowest BCUT2D eigenvalue weighted by Crippen LogP contribution is -2.35. The van der Waals surface area contributed by atoms with Crippen LogP contribution in [0.4, 0.5) is 19.1 Å². The van der Waals surface area contributed by atoms with Crippen LogP contribution < -0.4 is 5.32 Å². The van der Waals surface area contributed by atoms with E-state index in [9.17, 15) is 21.6 Å². The van der Waals surface area contributed by atoms with Crippen LogP contribution in [0.1, 0.15) is 30.0 Å². The van der Waals surface area contributed by atoms with Crippen LogP contribution in [-0.4, -0.2) is 85.7 Å². The largest absolute Gasteiger partial charge is 0.490 e. The van der Waals surface area contributed by atoms with Crippen molar-refractivity contribution in [2.24, 2.45) is 5.92 Å². The standard InChI is InChI=1S/C16H24N4O3S.C2HF3O2/c1-23-5-4-20-8-13-14(9-20)24(21,22)10-12-7-18-16(19-15(12)13)17-6-11-2-3-11;3-2(4,5)1(6)7/h7,11,13-14H,2-6,8-10H2,1H3,(H,17,18,19);(H,6,7)/t13-,14+;/m0./s1. The minimum atomic E-state index is -5.08. The number of fused-ring (bicyclic) bond motifs is 3. The molecule has 2 N–H and O–H groups in total. The molecule has 9 nitrogen and oxygen atoms in total. The van der Waals surface area contributed by atoms with Crippen LogP contribution in [0.2, 0.25) is 0 Å². The van der Waals surface area contributed by atoms with Crippen LogP contribution in [0.25, 0.3) is 0 Å². The molecule has 1 aromatic heterocycles. The van der Waals surface area contributed by atoms with Gasteiger partial charge in [-0.3, -0.25) is 4.90 Å². The van der Waals surface area contributed by atoms with Gasteiger partial charge in [0.05, 0.1) is 23.3 Å². The number of carboxylic acids is 1. The number of nitrogens with zero attached hydrogens (tertiary/aromatic N) is 3. The Bertz CT molecular complexity index is 908. The lowest BCUT2D eigenvalue weighted by Gasteiger charge is -2.26. The molecule has 3 aliphatic rings. The minimum Gasteiger partial charge on any atom is -0.475 e. The van der Waals surface area contributed by atoms with Crippen molar-refractivity contribution in [2.75, 3.05) is 45.2 Å². The van der Waals surface area contributed by atoms with Crippen molar-refractivity contribution in [3.63, 3.8) is 0 Å². The molecule has 31 heavy (non-hydrogen) atoms. The number of carboxylic acid groups (broad SMARTS) is 1. The number of ether oxygens (including phenoxy) is 1. The Hall–Kier alpha value is -1.99. The highest BCUT2D eigenvalue weighted by atomic mass is 32.2. The summed E-state index contributed by atoms with van der Waals surface area (Å²) in [7, 11) is -1.48. The molecule has 0 radical (unpaired) electrons. The lowest BCUT2D eigenvalue weighted by molar-refractivity contribution is -0.192. The smallest absolute Gasteiger partial charge is 0.475 e. The van der Waals surface area contributed by atoms with Gasteiger partial charge in [0.2, 0.25) is 5.95 Å². The van der Waals surface area contributed by atoms with Gasteiger partial charge in [0.25, 0.3) is 0 Å². The fourth-order valence-electron chi connectivity index (χ4n) is 3.70. The second-order valence-electron chi connectivity index (χ2n) is 7.94. The van der Waals surface area contributed by atoms with Gasteiger partial charge in [-0.25, -0.2) is 23.2 Å². The predicted molar refractivity (Wildman–Crippen MR) is 104 cm³/mol. The van der Waals surface area contributed by atoms with E-state index in [-0.39, 0.29) is 16.9 Å². The number of alkyl halides is 3. The highest BCUT2D eigenvalue weighted by molar-refractivity contribution is 7.91. The van der Waals surface area contributed by atoms with Crippen molar-refractivity contribution in [3.05, 3.63) is 17.5 Å². The molecule has 0 unspecified atom stereocenters. The van der Waals surface area contributed by atoms with Gasteiger partial charge in [-0.1, -0.05) is 0 Å². The number of hydrogen-bond donors (Lipinski definition) is 2. The van der Waals surface area contributed by atoms with E-state index in [0.29, 0.717) is 19.1 Å². The maximum Gasteiger partial charge on any atom is 0.490 e. The van der Waals surface area contributed by atoms with Gasteiger partial charge in [-0.05, 0) is 18.8 Å². The second kappa shape index (κ2) is 9.25. The van der Waals surface area contributed by atoms with Crippen LogP contribution in [0.5, 0.6) is 0 Å². The Kier molecular flexibility index (Phi) is 7.06. The third kappa shape index (κ3) is 6.04. The summed E-state index contributed by atoms with van der Waals surface area (Å²) in [6.45, 7) is 3.58. The van der Waals surface area contributed by atoms with Crippen LogP contribution in [0.3, 0.4) is 0 Å². The number of likely N-dealkylation sites (tertiary alicyclic amines) is 1. The van der Waals surface area contributed by atoms with Crippen LogP contribution in [0.15, 0.2) is 6.20 Å².